The van der Waals surface area contributed by atoms with Gasteiger partial charge in [-0.3, -0.25) is 14.8 Å². The van der Waals surface area contributed by atoms with Gasteiger partial charge >= 0.3 is 0 Å². The molecule has 5 N–H and O–H groups in total. The number of rotatable bonds is 9. The molecule has 1 rings (SSSR count). The molecule has 25 heavy (non-hydrogen) atoms. The third kappa shape index (κ3) is 8.37. The van der Waals surface area contributed by atoms with Crippen molar-refractivity contribution in [2.45, 2.75) is 39.0 Å². The molecule has 0 aliphatic carbocycles. The summed E-state index contributed by atoms with van der Waals surface area (Å²) in [6.07, 6.45) is 2.80. The molecule has 0 bridgehead atoms. The van der Waals surface area contributed by atoms with Crippen molar-refractivity contribution in [3.05, 3.63) is 30.3 Å². The molecule has 1 aromatic carbocycles. The van der Waals surface area contributed by atoms with Crippen LogP contribution in [-0.4, -0.2) is 27.8 Å². The second-order valence-electron chi connectivity index (χ2n) is 5.63. The highest BCUT2D eigenvalue weighted by Gasteiger charge is 2.23. The van der Waals surface area contributed by atoms with Gasteiger partial charge in [-0.25, -0.2) is 10.5 Å². The first-order valence-electron chi connectivity index (χ1n) is 8.07. The second-order valence-corrected chi connectivity index (χ2v) is 6.05. The molecule has 0 saturated carbocycles. The van der Waals surface area contributed by atoms with E-state index in [9.17, 15) is 9.59 Å². The van der Waals surface area contributed by atoms with Crippen molar-refractivity contribution in [1.29, 1.82) is 0 Å². The second kappa shape index (κ2) is 11.3. The van der Waals surface area contributed by atoms with Gasteiger partial charge in [0.2, 0.25) is 11.8 Å². The zero-order valence-electron chi connectivity index (χ0n) is 14.2. The van der Waals surface area contributed by atoms with Crippen molar-refractivity contribution in [2.75, 3.05) is 5.32 Å². The Morgan fingerprint density at radius 1 is 1.24 bits per heavy atom. The van der Waals surface area contributed by atoms with Gasteiger partial charge in [0, 0.05) is 12.1 Å². The molecule has 1 aromatic rings. The van der Waals surface area contributed by atoms with Crippen molar-refractivity contribution in [2.24, 2.45) is 16.6 Å². The standard InChI is InChI=1S/C17H24N4O3S/c1-12(18)19-17(25)14(10-6-3-7-11-15(22)21-24)16(23)20-13-8-4-2-5-9-13/h2,4-5,8-9,14,24H,3,6-7,10-11H2,1H3,(H,20,23)(H,21,22)(H2,18,19,25). The maximum absolute atomic E-state index is 12.5. The van der Waals surface area contributed by atoms with E-state index in [1.807, 2.05) is 18.2 Å². The van der Waals surface area contributed by atoms with E-state index < -0.39 is 11.8 Å². The molecule has 0 saturated heterocycles. The number of nitrogens with one attached hydrogen (secondary N) is 2. The normalized spacial score (nSPS) is 12.3. The number of hydrogen-bond acceptors (Lipinski definition) is 4. The summed E-state index contributed by atoms with van der Waals surface area (Å²) in [6.45, 7) is 1.62. The van der Waals surface area contributed by atoms with Gasteiger partial charge in [-0.2, -0.15) is 0 Å². The minimum atomic E-state index is -0.569. The highest BCUT2D eigenvalue weighted by Crippen LogP contribution is 2.17. The van der Waals surface area contributed by atoms with Crippen molar-refractivity contribution >= 4 is 40.5 Å². The Hall–Kier alpha value is -2.32. The van der Waals surface area contributed by atoms with Gasteiger partial charge in [0.25, 0.3) is 0 Å². The molecular formula is C17H24N4O3S. The molecule has 0 aliphatic heterocycles. The topological polar surface area (TPSA) is 117 Å². The summed E-state index contributed by atoms with van der Waals surface area (Å²) in [5, 5.41) is 11.3. The van der Waals surface area contributed by atoms with E-state index in [-0.39, 0.29) is 17.3 Å². The first-order valence-corrected chi connectivity index (χ1v) is 8.48. The Balaban J connectivity index is 2.63. The SMILES string of the molecule is CC(N)=NC(=S)C(CCCCCC(=O)NO)C(=O)Nc1ccccc1. The Morgan fingerprint density at radius 2 is 1.92 bits per heavy atom. The number of para-hydroxylation sites is 1. The molecule has 0 aromatic heterocycles. The smallest absolute Gasteiger partial charge is 0.243 e. The summed E-state index contributed by atoms with van der Waals surface area (Å²) in [5.41, 5.74) is 7.85. The number of amides is 2. The van der Waals surface area contributed by atoms with E-state index in [0.717, 1.165) is 6.42 Å². The number of nitrogens with zero attached hydrogens (tertiary/aromatic N) is 1. The molecule has 8 heteroatoms. The molecule has 0 spiro atoms. The van der Waals surface area contributed by atoms with Crippen LogP contribution >= 0.6 is 12.2 Å². The number of hydroxylamine groups is 1. The van der Waals surface area contributed by atoms with Crippen LogP contribution in [-0.2, 0) is 9.59 Å². The van der Waals surface area contributed by atoms with Crippen LogP contribution in [0.4, 0.5) is 5.69 Å². The number of hydrogen-bond donors (Lipinski definition) is 4. The predicted octanol–water partition coefficient (Wildman–Crippen LogP) is 2.40. The summed E-state index contributed by atoms with van der Waals surface area (Å²) >= 11 is 5.26. The van der Waals surface area contributed by atoms with Gasteiger partial charge in [0.15, 0.2) is 0 Å². The predicted molar refractivity (Wildman–Crippen MR) is 101 cm³/mol. The summed E-state index contributed by atoms with van der Waals surface area (Å²) in [6, 6.07) is 9.11. The third-order valence-corrected chi connectivity index (χ3v) is 3.84. The maximum Gasteiger partial charge on any atom is 0.243 e. The van der Waals surface area contributed by atoms with E-state index in [1.165, 1.54) is 0 Å². The van der Waals surface area contributed by atoms with Crippen LogP contribution in [0.2, 0.25) is 0 Å². The van der Waals surface area contributed by atoms with Crippen LogP contribution in [0.3, 0.4) is 0 Å². The number of anilines is 1. The molecule has 0 fully saturated rings. The first kappa shape index (κ1) is 20.7. The van der Waals surface area contributed by atoms with E-state index in [0.29, 0.717) is 30.8 Å². The fourth-order valence-corrected chi connectivity index (χ4v) is 2.60. The number of nitrogens with two attached hydrogens (primary N) is 1. The lowest BCUT2D eigenvalue weighted by molar-refractivity contribution is -0.129. The fourth-order valence-electron chi connectivity index (χ4n) is 2.24. The minimum absolute atomic E-state index is 0.227. The highest BCUT2D eigenvalue weighted by atomic mass is 32.1. The van der Waals surface area contributed by atoms with Crippen molar-refractivity contribution < 1.29 is 14.8 Å². The summed E-state index contributed by atoms with van der Waals surface area (Å²) in [5.74, 6) is -0.908. The zero-order valence-corrected chi connectivity index (χ0v) is 15.0. The Labute approximate surface area is 152 Å². The lowest BCUT2D eigenvalue weighted by Gasteiger charge is -2.16. The minimum Gasteiger partial charge on any atom is -0.387 e. The Bertz CT molecular complexity index is 616. The van der Waals surface area contributed by atoms with Crippen molar-refractivity contribution in [3.8, 4) is 0 Å². The van der Waals surface area contributed by atoms with Gasteiger partial charge in [0.1, 0.15) is 4.99 Å². The number of aliphatic imine (C=N–C) groups is 1. The van der Waals surface area contributed by atoms with Crippen molar-refractivity contribution in [1.82, 2.24) is 5.48 Å². The number of carbonyl (C=O) groups is 2. The van der Waals surface area contributed by atoms with Gasteiger partial charge < -0.3 is 11.1 Å². The lowest BCUT2D eigenvalue weighted by atomic mass is 9.99. The largest absolute Gasteiger partial charge is 0.387 e. The number of thiocarbonyl (C=S) groups is 1. The number of carbonyl (C=O) groups excluding carboxylic acids is 2. The van der Waals surface area contributed by atoms with Gasteiger partial charge in [-0.15, -0.1) is 0 Å². The van der Waals surface area contributed by atoms with Crippen molar-refractivity contribution in [3.63, 3.8) is 0 Å². The zero-order chi connectivity index (χ0) is 18.7. The summed E-state index contributed by atoms with van der Waals surface area (Å²) in [4.78, 5) is 27.8. The monoisotopic (exact) mass is 364 g/mol. The van der Waals surface area contributed by atoms with Gasteiger partial charge in [-0.05, 0) is 31.9 Å². The summed E-state index contributed by atoms with van der Waals surface area (Å²) in [7, 11) is 0. The molecule has 1 atom stereocenters. The van der Waals surface area contributed by atoms with Crippen LogP contribution < -0.4 is 16.5 Å². The van der Waals surface area contributed by atoms with E-state index in [1.54, 1.807) is 24.5 Å². The van der Waals surface area contributed by atoms with Crippen LogP contribution in [0, 0.1) is 5.92 Å². The number of benzene rings is 1. The van der Waals surface area contributed by atoms with Crippen LogP contribution in [0.15, 0.2) is 35.3 Å². The van der Waals surface area contributed by atoms with E-state index >= 15 is 0 Å². The molecule has 0 heterocycles. The number of unbranched alkanes of at least 4 members (excludes halogenated alkanes) is 2. The molecule has 0 radical (unpaired) electrons. The van der Waals surface area contributed by atoms with E-state index in [4.69, 9.17) is 23.2 Å². The van der Waals surface area contributed by atoms with Crippen LogP contribution in [0.25, 0.3) is 0 Å². The molecule has 2 amide bonds. The average molecular weight is 364 g/mol. The summed E-state index contributed by atoms with van der Waals surface area (Å²) < 4.78 is 0. The Kier molecular flexibility index (Phi) is 9.34. The van der Waals surface area contributed by atoms with E-state index in [2.05, 4.69) is 10.3 Å². The average Bonchev–Trinajstić information content (AvgIpc) is 2.57. The molecule has 0 aliphatic rings. The lowest BCUT2D eigenvalue weighted by Crippen LogP contribution is -2.29. The van der Waals surface area contributed by atoms with Crippen LogP contribution in [0.5, 0.6) is 0 Å². The maximum atomic E-state index is 12.5. The number of amidine groups is 1. The molecule has 136 valence electrons. The van der Waals surface area contributed by atoms with Crippen LogP contribution in [0.1, 0.15) is 39.0 Å². The first-order chi connectivity index (χ1) is 11.9. The quantitative estimate of drug-likeness (QED) is 0.134. The molecule has 1 unspecified atom stereocenters. The molecule has 7 nitrogen and oxygen atoms in total. The fraction of sp³-hybridized carbons (Fsp3) is 0.412. The van der Waals surface area contributed by atoms with Gasteiger partial charge in [-0.1, -0.05) is 43.3 Å². The van der Waals surface area contributed by atoms with Gasteiger partial charge in [0.05, 0.1) is 11.8 Å². The Morgan fingerprint density at radius 3 is 2.52 bits per heavy atom. The third-order valence-electron chi connectivity index (χ3n) is 3.46. The highest BCUT2D eigenvalue weighted by molar-refractivity contribution is 7.80. The molecular weight excluding hydrogens is 340 g/mol.